The number of methoxy groups -OCH3 is 1. The van der Waals surface area contributed by atoms with Crippen LogP contribution in [0.2, 0.25) is 0 Å². The molecule has 6 heteroatoms. The van der Waals surface area contributed by atoms with E-state index in [1.165, 1.54) is 19.2 Å². The molecule has 1 N–H and O–H groups in total. The summed E-state index contributed by atoms with van der Waals surface area (Å²) >= 11 is 0. The Kier molecular flexibility index (Phi) is 4.12. The topological polar surface area (TPSA) is 34.1 Å². The van der Waals surface area contributed by atoms with Gasteiger partial charge in [-0.05, 0) is 35.9 Å². The summed E-state index contributed by atoms with van der Waals surface area (Å²) in [4.78, 5) is 3.98. The lowest BCUT2D eigenvalue weighted by Gasteiger charge is -2.10. The molecule has 0 aliphatic carbocycles. The number of alkyl halides is 3. The highest BCUT2D eigenvalue weighted by Gasteiger charge is 2.29. The van der Waals surface area contributed by atoms with E-state index >= 15 is 0 Å². The number of ether oxygens (including phenoxy) is 1. The number of nitrogens with one attached hydrogen (secondary N) is 1. The van der Waals surface area contributed by atoms with Crippen LogP contribution in [-0.4, -0.2) is 12.1 Å². The number of hydrogen-bond donors (Lipinski definition) is 1. The third-order valence-corrected chi connectivity index (χ3v) is 2.72. The Morgan fingerprint density at radius 2 is 1.85 bits per heavy atom. The summed E-state index contributed by atoms with van der Waals surface area (Å²) < 4.78 is 42.2. The lowest BCUT2D eigenvalue weighted by Crippen LogP contribution is -2.05. The Morgan fingerprint density at radius 1 is 1.15 bits per heavy atom. The summed E-state index contributed by atoms with van der Waals surface area (Å²) in [5, 5.41) is 3.04. The first-order valence-corrected chi connectivity index (χ1v) is 5.89. The van der Waals surface area contributed by atoms with Gasteiger partial charge in [-0.1, -0.05) is 0 Å². The zero-order valence-electron chi connectivity index (χ0n) is 10.7. The summed E-state index contributed by atoms with van der Waals surface area (Å²) in [6, 6.07) is 8.48. The molecule has 0 unspecified atom stereocenters. The van der Waals surface area contributed by atoms with Crippen molar-refractivity contribution in [2.24, 2.45) is 0 Å². The molecule has 0 atom stereocenters. The Labute approximate surface area is 114 Å². The van der Waals surface area contributed by atoms with Gasteiger partial charge >= 0.3 is 6.18 Å². The van der Waals surface area contributed by atoms with Crippen LogP contribution in [-0.2, 0) is 12.7 Å². The van der Waals surface area contributed by atoms with Crippen molar-refractivity contribution in [3.8, 4) is 5.88 Å². The molecule has 0 aliphatic rings. The second kappa shape index (κ2) is 5.81. The zero-order valence-corrected chi connectivity index (χ0v) is 10.7. The molecule has 106 valence electrons. The Hall–Kier alpha value is -2.24. The first kappa shape index (κ1) is 14.2. The molecular weight excluding hydrogens is 269 g/mol. The van der Waals surface area contributed by atoms with Crippen LogP contribution in [0.5, 0.6) is 5.88 Å². The number of benzene rings is 1. The third kappa shape index (κ3) is 3.63. The first-order chi connectivity index (χ1) is 9.49. The van der Waals surface area contributed by atoms with Gasteiger partial charge in [0.1, 0.15) is 0 Å². The molecule has 1 heterocycles. The quantitative estimate of drug-likeness (QED) is 0.928. The summed E-state index contributed by atoms with van der Waals surface area (Å²) in [7, 11) is 1.52. The van der Waals surface area contributed by atoms with Crippen LogP contribution in [0, 0.1) is 0 Å². The number of aromatic nitrogens is 1. The Bertz CT molecular complexity index is 567. The van der Waals surface area contributed by atoms with Crippen molar-refractivity contribution < 1.29 is 17.9 Å². The smallest absolute Gasteiger partial charge is 0.416 e. The van der Waals surface area contributed by atoms with E-state index in [4.69, 9.17) is 4.74 Å². The van der Waals surface area contributed by atoms with Gasteiger partial charge < -0.3 is 10.1 Å². The Morgan fingerprint density at radius 3 is 2.45 bits per heavy atom. The van der Waals surface area contributed by atoms with Crippen molar-refractivity contribution in [3.63, 3.8) is 0 Å². The number of halogens is 3. The number of rotatable bonds is 4. The average Bonchev–Trinajstić information content (AvgIpc) is 2.45. The fourth-order valence-corrected chi connectivity index (χ4v) is 1.65. The molecular formula is C14H13F3N2O. The standard InChI is InChI=1S/C14H13F3N2O/c1-20-13-8-10(6-7-18-13)9-19-12-4-2-11(3-5-12)14(15,16)17/h2-8,19H,9H2,1H3. The van der Waals surface area contributed by atoms with E-state index in [2.05, 4.69) is 10.3 Å². The number of nitrogens with zero attached hydrogens (tertiary/aromatic N) is 1. The predicted octanol–water partition coefficient (Wildman–Crippen LogP) is 3.72. The fraction of sp³-hybridized carbons (Fsp3) is 0.214. The second-order valence-electron chi connectivity index (χ2n) is 4.14. The third-order valence-electron chi connectivity index (χ3n) is 2.72. The first-order valence-electron chi connectivity index (χ1n) is 5.89. The van der Waals surface area contributed by atoms with Crippen LogP contribution in [0.25, 0.3) is 0 Å². The van der Waals surface area contributed by atoms with Crippen LogP contribution in [0.3, 0.4) is 0 Å². The van der Waals surface area contributed by atoms with Crippen molar-refractivity contribution in [2.75, 3.05) is 12.4 Å². The van der Waals surface area contributed by atoms with Gasteiger partial charge in [-0.2, -0.15) is 13.2 Å². The lowest BCUT2D eigenvalue weighted by molar-refractivity contribution is -0.137. The van der Waals surface area contributed by atoms with Crippen LogP contribution >= 0.6 is 0 Å². The van der Waals surface area contributed by atoms with Crippen molar-refractivity contribution >= 4 is 5.69 Å². The van der Waals surface area contributed by atoms with Gasteiger partial charge in [0.15, 0.2) is 0 Å². The molecule has 3 nitrogen and oxygen atoms in total. The molecule has 2 aromatic rings. The molecule has 1 aromatic heterocycles. The molecule has 0 fully saturated rings. The van der Waals surface area contributed by atoms with Gasteiger partial charge in [0.05, 0.1) is 12.7 Å². The van der Waals surface area contributed by atoms with E-state index in [1.807, 2.05) is 0 Å². The molecule has 1 aromatic carbocycles. The fourth-order valence-electron chi connectivity index (χ4n) is 1.65. The van der Waals surface area contributed by atoms with Gasteiger partial charge in [0, 0.05) is 24.5 Å². The minimum atomic E-state index is -4.31. The maximum atomic E-state index is 12.4. The normalized spacial score (nSPS) is 11.2. The highest BCUT2D eigenvalue weighted by atomic mass is 19.4. The van der Waals surface area contributed by atoms with Crippen molar-refractivity contribution in [3.05, 3.63) is 53.7 Å². The molecule has 0 radical (unpaired) electrons. The summed E-state index contributed by atoms with van der Waals surface area (Å²) in [6.07, 6.45) is -2.69. The van der Waals surface area contributed by atoms with E-state index in [1.54, 1.807) is 18.3 Å². The molecule has 20 heavy (non-hydrogen) atoms. The van der Waals surface area contributed by atoms with Crippen LogP contribution in [0.1, 0.15) is 11.1 Å². The molecule has 0 amide bonds. The molecule has 0 saturated carbocycles. The minimum Gasteiger partial charge on any atom is -0.481 e. The second-order valence-corrected chi connectivity index (χ2v) is 4.14. The monoisotopic (exact) mass is 282 g/mol. The van der Waals surface area contributed by atoms with Crippen LogP contribution in [0.4, 0.5) is 18.9 Å². The summed E-state index contributed by atoms with van der Waals surface area (Å²) in [5.41, 5.74) is 0.888. The zero-order chi connectivity index (χ0) is 14.6. The van der Waals surface area contributed by atoms with Crippen molar-refractivity contribution in [1.82, 2.24) is 4.98 Å². The SMILES string of the molecule is COc1cc(CNc2ccc(C(F)(F)F)cc2)ccn1. The Balaban J connectivity index is 2.00. The largest absolute Gasteiger partial charge is 0.481 e. The highest BCUT2D eigenvalue weighted by Crippen LogP contribution is 2.29. The summed E-state index contributed by atoms with van der Waals surface area (Å²) in [6.45, 7) is 0.476. The number of pyridine rings is 1. The average molecular weight is 282 g/mol. The number of anilines is 1. The number of hydrogen-bond acceptors (Lipinski definition) is 3. The molecule has 0 saturated heterocycles. The predicted molar refractivity (Wildman–Crippen MR) is 69.6 cm³/mol. The highest BCUT2D eigenvalue weighted by molar-refractivity contribution is 5.45. The van der Waals surface area contributed by atoms with Crippen molar-refractivity contribution in [2.45, 2.75) is 12.7 Å². The minimum absolute atomic E-state index is 0.476. The van der Waals surface area contributed by atoms with Crippen LogP contribution < -0.4 is 10.1 Å². The van der Waals surface area contributed by atoms with Gasteiger partial charge in [0.25, 0.3) is 0 Å². The van der Waals surface area contributed by atoms with E-state index in [0.29, 0.717) is 18.1 Å². The maximum Gasteiger partial charge on any atom is 0.416 e. The van der Waals surface area contributed by atoms with E-state index in [0.717, 1.165) is 17.7 Å². The maximum absolute atomic E-state index is 12.4. The van der Waals surface area contributed by atoms with Crippen molar-refractivity contribution in [1.29, 1.82) is 0 Å². The summed E-state index contributed by atoms with van der Waals surface area (Å²) in [5.74, 6) is 0.497. The van der Waals surface area contributed by atoms with E-state index < -0.39 is 11.7 Å². The van der Waals surface area contributed by atoms with Gasteiger partial charge in [-0.3, -0.25) is 0 Å². The lowest BCUT2D eigenvalue weighted by atomic mass is 10.2. The van der Waals surface area contributed by atoms with Gasteiger partial charge in [-0.25, -0.2) is 4.98 Å². The van der Waals surface area contributed by atoms with Gasteiger partial charge in [-0.15, -0.1) is 0 Å². The molecule has 2 rings (SSSR count). The van der Waals surface area contributed by atoms with Gasteiger partial charge in [0.2, 0.25) is 5.88 Å². The molecule has 0 aliphatic heterocycles. The van der Waals surface area contributed by atoms with E-state index in [9.17, 15) is 13.2 Å². The van der Waals surface area contributed by atoms with E-state index in [-0.39, 0.29) is 0 Å². The molecule has 0 spiro atoms. The molecule has 0 bridgehead atoms. The van der Waals surface area contributed by atoms with Crippen LogP contribution in [0.15, 0.2) is 42.6 Å².